The molecule has 1 fully saturated rings. The molecule has 3 atom stereocenters. The van der Waals surface area contributed by atoms with Gasteiger partial charge in [-0.1, -0.05) is 13.8 Å². The number of carbonyl (C=O) groups is 3. The molecule has 0 saturated carbocycles. The van der Waals surface area contributed by atoms with E-state index in [0.29, 0.717) is 30.0 Å². The topological polar surface area (TPSA) is 104 Å². The number of aryl methyl sites for hydroxylation is 1. The van der Waals surface area contributed by atoms with Crippen LogP contribution in [0.4, 0.5) is 4.39 Å². The average molecular weight is 470 g/mol. The Labute approximate surface area is 199 Å². The average Bonchev–Trinajstić information content (AvgIpc) is 3.31. The highest BCUT2D eigenvalue weighted by molar-refractivity contribution is 6.07. The normalized spacial score (nSPS) is 17.5. The fraction of sp³-hybridized carbons (Fsp3) is 0.480. The summed E-state index contributed by atoms with van der Waals surface area (Å²) in [4.78, 5) is 49.5. The van der Waals surface area contributed by atoms with Crippen LogP contribution in [-0.4, -0.2) is 58.1 Å². The van der Waals surface area contributed by atoms with E-state index in [-0.39, 0.29) is 35.3 Å². The summed E-state index contributed by atoms with van der Waals surface area (Å²) in [6, 6.07) is 5.49. The summed E-state index contributed by atoms with van der Waals surface area (Å²) in [5.41, 5.74) is 1.11. The number of carbonyl (C=O) groups excluding carboxylic acids is 3. The van der Waals surface area contributed by atoms with Crippen molar-refractivity contribution in [1.29, 1.82) is 0 Å². The number of amides is 2. The highest BCUT2D eigenvalue weighted by atomic mass is 19.1. The Bertz CT molecular complexity index is 1060. The Morgan fingerprint density at radius 1 is 1.12 bits per heavy atom. The zero-order valence-corrected chi connectivity index (χ0v) is 20.3. The zero-order valence-electron chi connectivity index (χ0n) is 20.3. The van der Waals surface area contributed by atoms with Gasteiger partial charge in [0.05, 0.1) is 17.8 Å². The molecular formula is C25H32FN5O3. The number of rotatable bonds is 8. The van der Waals surface area contributed by atoms with E-state index in [9.17, 15) is 18.8 Å². The van der Waals surface area contributed by atoms with Crippen molar-refractivity contribution in [3.8, 4) is 0 Å². The molecule has 1 aromatic heterocycles. The van der Waals surface area contributed by atoms with Gasteiger partial charge in [0.1, 0.15) is 23.4 Å². The summed E-state index contributed by atoms with van der Waals surface area (Å²) in [7, 11) is 1.69. The van der Waals surface area contributed by atoms with E-state index in [0.717, 1.165) is 6.42 Å². The molecule has 1 aromatic carbocycles. The second kappa shape index (κ2) is 10.8. The maximum absolute atomic E-state index is 13.5. The number of hydrogen-bond acceptors (Lipinski definition) is 6. The molecule has 1 saturated heterocycles. The molecule has 0 unspecified atom stereocenters. The summed E-state index contributed by atoms with van der Waals surface area (Å²) in [5.74, 6) is -0.862. The van der Waals surface area contributed by atoms with Crippen LogP contribution in [0.15, 0.2) is 30.3 Å². The van der Waals surface area contributed by atoms with Gasteiger partial charge in [-0.3, -0.25) is 14.4 Å². The van der Waals surface area contributed by atoms with Crippen LogP contribution in [0.5, 0.6) is 0 Å². The molecule has 8 nitrogen and oxygen atoms in total. The highest BCUT2D eigenvalue weighted by Gasteiger charge is 2.37. The van der Waals surface area contributed by atoms with Crippen LogP contribution >= 0.6 is 0 Å². The second-order valence-corrected chi connectivity index (χ2v) is 8.99. The number of likely N-dealkylation sites (tertiary alicyclic amines) is 1. The van der Waals surface area contributed by atoms with E-state index in [2.05, 4.69) is 20.6 Å². The van der Waals surface area contributed by atoms with Gasteiger partial charge in [-0.25, -0.2) is 14.4 Å². The van der Waals surface area contributed by atoms with Gasteiger partial charge in [0.2, 0.25) is 17.6 Å². The monoisotopic (exact) mass is 469 g/mol. The van der Waals surface area contributed by atoms with Gasteiger partial charge in [0.15, 0.2) is 0 Å². The van der Waals surface area contributed by atoms with Crippen LogP contribution in [0.25, 0.3) is 0 Å². The fourth-order valence-corrected chi connectivity index (χ4v) is 4.07. The van der Waals surface area contributed by atoms with E-state index in [1.54, 1.807) is 31.9 Å². The van der Waals surface area contributed by atoms with Crippen molar-refractivity contribution < 1.29 is 18.8 Å². The van der Waals surface area contributed by atoms with Crippen molar-refractivity contribution in [1.82, 2.24) is 25.5 Å². The molecule has 3 rings (SSSR count). The third kappa shape index (κ3) is 5.64. The van der Waals surface area contributed by atoms with E-state index in [1.165, 1.54) is 24.3 Å². The molecule has 2 N–H and O–H groups in total. The molecule has 182 valence electrons. The lowest BCUT2D eigenvalue weighted by molar-refractivity contribution is -0.139. The van der Waals surface area contributed by atoms with Crippen molar-refractivity contribution in [2.24, 2.45) is 5.92 Å². The van der Waals surface area contributed by atoms with Gasteiger partial charge in [-0.05, 0) is 70.0 Å². The number of ketones is 1. The van der Waals surface area contributed by atoms with Gasteiger partial charge in [0, 0.05) is 12.1 Å². The smallest absolute Gasteiger partial charge is 0.245 e. The summed E-state index contributed by atoms with van der Waals surface area (Å²) in [6.07, 6.45) is 1.48. The van der Waals surface area contributed by atoms with Crippen LogP contribution in [0.3, 0.4) is 0 Å². The van der Waals surface area contributed by atoms with Crippen LogP contribution in [0, 0.1) is 18.7 Å². The minimum Gasteiger partial charge on any atom is -0.343 e. The van der Waals surface area contributed by atoms with E-state index in [4.69, 9.17) is 0 Å². The number of likely N-dealkylation sites (N-methyl/N-ethyl adjacent to an activating group) is 1. The van der Waals surface area contributed by atoms with E-state index < -0.39 is 17.9 Å². The Balaban J connectivity index is 1.87. The lowest BCUT2D eigenvalue weighted by Crippen LogP contribution is -2.54. The number of halogens is 1. The molecule has 2 aromatic rings. The molecule has 0 bridgehead atoms. The first-order valence-electron chi connectivity index (χ1n) is 11.6. The Morgan fingerprint density at radius 2 is 1.79 bits per heavy atom. The van der Waals surface area contributed by atoms with Gasteiger partial charge >= 0.3 is 0 Å². The number of nitrogens with zero attached hydrogens (tertiary/aromatic N) is 3. The maximum Gasteiger partial charge on any atom is 0.245 e. The molecule has 0 spiro atoms. The van der Waals surface area contributed by atoms with E-state index in [1.807, 2.05) is 13.8 Å². The van der Waals surface area contributed by atoms with Gasteiger partial charge in [0.25, 0.3) is 0 Å². The van der Waals surface area contributed by atoms with Crippen molar-refractivity contribution in [3.05, 3.63) is 58.9 Å². The lowest BCUT2D eigenvalue weighted by atomic mass is 10.0. The summed E-state index contributed by atoms with van der Waals surface area (Å²) < 4.78 is 13.3. The Hall–Kier alpha value is -3.20. The first-order valence-corrected chi connectivity index (χ1v) is 11.6. The highest BCUT2D eigenvalue weighted by Crippen LogP contribution is 2.32. The first-order chi connectivity index (χ1) is 16.1. The Kier molecular flexibility index (Phi) is 8.09. The zero-order chi connectivity index (χ0) is 25.0. The molecular weight excluding hydrogens is 437 g/mol. The molecule has 9 heteroatoms. The minimum atomic E-state index is -0.674. The predicted octanol–water partition coefficient (Wildman–Crippen LogP) is 2.57. The van der Waals surface area contributed by atoms with Gasteiger partial charge < -0.3 is 15.5 Å². The SMILES string of the molecule is CN[C@@H](C)C(=O)N[C@H](C(=O)N1CCC[C@H]1c1cc(C(=O)c2ccc(F)cc2)nc(C)n1)C(C)C. The molecule has 2 heterocycles. The molecule has 0 radical (unpaired) electrons. The molecule has 1 aliphatic heterocycles. The summed E-state index contributed by atoms with van der Waals surface area (Å²) in [6.45, 7) is 7.76. The molecule has 1 aliphatic rings. The second-order valence-electron chi connectivity index (χ2n) is 8.99. The standard InChI is InChI=1S/C25H32FN5O3/c1-14(2)22(30-24(33)15(3)27-5)25(34)31-12-6-7-21(31)19-13-20(29-16(4)28-19)23(32)17-8-10-18(26)11-9-17/h8-11,13-15,21-22,27H,6-7,12H2,1-5H3,(H,30,33)/t15-,21-,22-/m0/s1. The number of nitrogens with one attached hydrogen (secondary N) is 2. The third-order valence-corrected chi connectivity index (χ3v) is 6.13. The fourth-order valence-electron chi connectivity index (χ4n) is 4.07. The van der Waals surface area contributed by atoms with Crippen molar-refractivity contribution in [3.63, 3.8) is 0 Å². The van der Waals surface area contributed by atoms with Crippen LogP contribution in [-0.2, 0) is 9.59 Å². The predicted molar refractivity (Wildman–Crippen MR) is 126 cm³/mol. The van der Waals surface area contributed by atoms with Gasteiger partial charge in [-0.2, -0.15) is 0 Å². The van der Waals surface area contributed by atoms with Crippen molar-refractivity contribution >= 4 is 17.6 Å². The summed E-state index contributed by atoms with van der Waals surface area (Å²) >= 11 is 0. The first kappa shape index (κ1) is 25.4. The van der Waals surface area contributed by atoms with Gasteiger partial charge in [-0.15, -0.1) is 0 Å². The van der Waals surface area contributed by atoms with E-state index >= 15 is 0 Å². The number of benzene rings is 1. The molecule has 34 heavy (non-hydrogen) atoms. The quantitative estimate of drug-likeness (QED) is 0.576. The Morgan fingerprint density at radius 3 is 2.41 bits per heavy atom. The summed E-state index contributed by atoms with van der Waals surface area (Å²) in [5, 5.41) is 5.76. The third-order valence-electron chi connectivity index (χ3n) is 6.13. The van der Waals surface area contributed by atoms with Crippen molar-refractivity contribution in [2.45, 2.75) is 58.7 Å². The molecule has 2 amide bonds. The van der Waals surface area contributed by atoms with Crippen LogP contribution in [0.1, 0.15) is 67.2 Å². The molecule has 0 aliphatic carbocycles. The lowest BCUT2D eigenvalue weighted by Gasteiger charge is -2.31. The maximum atomic E-state index is 13.5. The number of aromatic nitrogens is 2. The minimum absolute atomic E-state index is 0.107. The van der Waals surface area contributed by atoms with Crippen molar-refractivity contribution in [2.75, 3.05) is 13.6 Å². The van der Waals surface area contributed by atoms with Crippen LogP contribution in [0.2, 0.25) is 0 Å². The largest absolute Gasteiger partial charge is 0.343 e. The van der Waals surface area contributed by atoms with Crippen LogP contribution < -0.4 is 10.6 Å². The number of hydrogen-bond donors (Lipinski definition) is 2.